The first-order chi connectivity index (χ1) is 10.0. The van der Waals surface area contributed by atoms with Crippen molar-refractivity contribution in [3.05, 3.63) is 45.9 Å². The summed E-state index contributed by atoms with van der Waals surface area (Å²) < 4.78 is 0. The van der Waals surface area contributed by atoms with Gasteiger partial charge in [-0.3, -0.25) is 9.59 Å². The number of carboxylic acids is 1. The third-order valence-corrected chi connectivity index (χ3v) is 4.73. The Labute approximate surface area is 125 Å². The SMILES string of the molecule is Cc1ncsc1C(=O)Nc1ccc(C2(C(=O)O)CC2)cc1. The molecule has 1 aromatic carbocycles. The van der Waals surface area contributed by atoms with Crippen molar-refractivity contribution in [2.75, 3.05) is 5.32 Å². The first-order valence-electron chi connectivity index (χ1n) is 6.58. The standard InChI is InChI=1S/C15H14N2O3S/c1-9-12(21-8-16-9)13(18)17-11-4-2-10(3-5-11)15(6-7-15)14(19)20/h2-5,8H,6-7H2,1H3,(H,17,18)(H,19,20). The van der Waals surface area contributed by atoms with Gasteiger partial charge in [0.1, 0.15) is 4.88 Å². The number of benzene rings is 1. The van der Waals surface area contributed by atoms with E-state index in [1.54, 1.807) is 36.7 Å². The number of amides is 1. The van der Waals surface area contributed by atoms with E-state index in [0.717, 1.165) is 5.56 Å². The van der Waals surface area contributed by atoms with Crippen LogP contribution in [0.1, 0.15) is 33.8 Å². The topological polar surface area (TPSA) is 79.3 Å². The third-order valence-electron chi connectivity index (χ3n) is 3.81. The minimum atomic E-state index is -0.778. The number of aromatic nitrogens is 1. The maximum atomic E-state index is 12.1. The Bertz CT molecular complexity index is 702. The average molecular weight is 302 g/mol. The van der Waals surface area contributed by atoms with E-state index in [1.807, 2.05) is 0 Å². The van der Waals surface area contributed by atoms with Crippen molar-refractivity contribution < 1.29 is 14.7 Å². The first-order valence-corrected chi connectivity index (χ1v) is 7.46. The molecule has 1 heterocycles. The van der Waals surface area contributed by atoms with E-state index in [-0.39, 0.29) is 5.91 Å². The summed E-state index contributed by atoms with van der Waals surface area (Å²) in [6, 6.07) is 7.03. The van der Waals surface area contributed by atoms with E-state index < -0.39 is 11.4 Å². The van der Waals surface area contributed by atoms with Crippen LogP contribution in [0.2, 0.25) is 0 Å². The fourth-order valence-corrected chi connectivity index (χ4v) is 3.03. The van der Waals surface area contributed by atoms with Crippen molar-refractivity contribution in [1.29, 1.82) is 0 Å². The van der Waals surface area contributed by atoms with Gasteiger partial charge in [-0.15, -0.1) is 11.3 Å². The van der Waals surface area contributed by atoms with Gasteiger partial charge in [0, 0.05) is 5.69 Å². The number of carboxylic acid groups (broad SMARTS) is 1. The molecular weight excluding hydrogens is 288 g/mol. The molecule has 21 heavy (non-hydrogen) atoms. The maximum Gasteiger partial charge on any atom is 0.314 e. The molecule has 1 aliphatic carbocycles. The quantitative estimate of drug-likeness (QED) is 0.910. The van der Waals surface area contributed by atoms with E-state index in [2.05, 4.69) is 10.3 Å². The second kappa shape index (κ2) is 4.96. The summed E-state index contributed by atoms with van der Waals surface area (Å²) in [6.45, 7) is 1.79. The van der Waals surface area contributed by atoms with E-state index in [4.69, 9.17) is 0 Å². The largest absolute Gasteiger partial charge is 0.481 e. The number of carbonyl (C=O) groups excluding carboxylic acids is 1. The summed E-state index contributed by atoms with van der Waals surface area (Å²) in [5.41, 5.74) is 3.07. The molecule has 108 valence electrons. The van der Waals surface area contributed by atoms with E-state index >= 15 is 0 Å². The highest BCUT2D eigenvalue weighted by Gasteiger charge is 2.51. The average Bonchev–Trinajstić information content (AvgIpc) is 3.16. The lowest BCUT2D eigenvalue weighted by Gasteiger charge is -2.11. The highest BCUT2D eigenvalue weighted by Crippen LogP contribution is 2.48. The number of hydrogen-bond donors (Lipinski definition) is 2. The van der Waals surface area contributed by atoms with Crippen molar-refractivity contribution in [2.45, 2.75) is 25.2 Å². The van der Waals surface area contributed by atoms with Crippen LogP contribution in [0.15, 0.2) is 29.8 Å². The fourth-order valence-electron chi connectivity index (χ4n) is 2.33. The van der Waals surface area contributed by atoms with Gasteiger partial charge in [0.25, 0.3) is 5.91 Å². The molecule has 0 radical (unpaired) electrons. The van der Waals surface area contributed by atoms with Crippen molar-refractivity contribution in [1.82, 2.24) is 4.98 Å². The lowest BCUT2D eigenvalue weighted by Crippen LogP contribution is -2.19. The Kier molecular flexibility index (Phi) is 3.25. The molecule has 1 aliphatic rings. The maximum absolute atomic E-state index is 12.1. The third kappa shape index (κ3) is 2.42. The van der Waals surface area contributed by atoms with Crippen molar-refractivity contribution in [3.8, 4) is 0 Å². The summed E-state index contributed by atoms with van der Waals surface area (Å²) in [7, 11) is 0. The summed E-state index contributed by atoms with van der Waals surface area (Å²) in [4.78, 5) is 28.0. The normalized spacial score (nSPS) is 15.5. The van der Waals surface area contributed by atoms with Gasteiger partial charge in [0.15, 0.2) is 0 Å². The Morgan fingerprint density at radius 2 is 1.95 bits per heavy atom. The van der Waals surface area contributed by atoms with Crippen LogP contribution >= 0.6 is 11.3 Å². The zero-order valence-electron chi connectivity index (χ0n) is 11.4. The van der Waals surface area contributed by atoms with Crippen LogP contribution in [-0.2, 0) is 10.2 Å². The number of carbonyl (C=O) groups is 2. The second-order valence-electron chi connectivity index (χ2n) is 5.19. The van der Waals surface area contributed by atoms with Crippen LogP contribution < -0.4 is 5.32 Å². The summed E-state index contributed by atoms with van der Waals surface area (Å²) in [5, 5.41) is 12.0. The van der Waals surface area contributed by atoms with Crippen LogP contribution in [-0.4, -0.2) is 22.0 Å². The lowest BCUT2D eigenvalue weighted by atomic mass is 9.96. The molecule has 0 atom stereocenters. The number of anilines is 1. The number of aliphatic carboxylic acids is 1. The van der Waals surface area contributed by atoms with Gasteiger partial charge < -0.3 is 10.4 Å². The molecule has 2 aromatic rings. The zero-order valence-corrected chi connectivity index (χ0v) is 12.2. The summed E-state index contributed by atoms with van der Waals surface area (Å²) in [5.74, 6) is -0.971. The Hall–Kier alpha value is -2.21. The van der Waals surface area contributed by atoms with Crippen LogP contribution in [0, 0.1) is 6.92 Å². The minimum Gasteiger partial charge on any atom is -0.481 e. The second-order valence-corrected chi connectivity index (χ2v) is 6.04. The molecule has 0 aliphatic heterocycles. The van der Waals surface area contributed by atoms with E-state index in [1.165, 1.54) is 11.3 Å². The molecule has 1 saturated carbocycles. The minimum absolute atomic E-state index is 0.192. The number of nitrogens with zero attached hydrogens (tertiary/aromatic N) is 1. The van der Waals surface area contributed by atoms with Gasteiger partial charge in [0.2, 0.25) is 0 Å². The molecule has 1 amide bonds. The summed E-state index contributed by atoms with van der Waals surface area (Å²) >= 11 is 1.30. The molecule has 5 nitrogen and oxygen atoms in total. The van der Waals surface area contributed by atoms with Gasteiger partial charge >= 0.3 is 5.97 Å². The fraction of sp³-hybridized carbons (Fsp3) is 0.267. The predicted molar refractivity (Wildman–Crippen MR) is 79.8 cm³/mol. The van der Waals surface area contributed by atoms with Crippen LogP contribution in [0.5, 0.6) is 0 Å². The van der Waals surface area contributed by atoms with Crippen LogP contribution in [0.3, 0.4) is 0 Å². The summed E-state index contributed by atoms with van der Waals surface area (Å²) in [6.07, 6.45) is 1.35. The van der Waals surface area contributed by atoms with Gasteiger partial charge in [-0.05, 0) is 37.5 Å². The molecule has 2 N–H and O–H groups in total. The van der Waals surface area contributed by atoms with E-state index in [9.17, 15) is 14.7 Å². The molecule has 1 aromatic heterocycles. The van der Waals surface area contributed by atoms with Crippen molar-refractivity contribution in [2.24, 2.45) is 0 Å². The van der Waals surface area contributed by atoms with E-state index in [0.29, 0.717) is 29.1 Å². The molecule has 0 unspecified atom stereocenters. The zero-order chi connectivity index (χ0) is 15.0. The number of aryl methyl sites for hydroxylation is 1. The Morgan fingerprint density at radius 3 is 2.43 bits per heavy atom. The van der Waals surface area contributed by atoms with Gasteiger partial charge in [-0.2, -0.15) is 0 Å². The first kappa shape index (κ1) is 13.8. The highest BCUT2D eigenvalue weighted by molar-refractivity contribution is 7.12. The van der Waals surface area contributed by atoms with Gasteiger partial charge in [-0.1, -0.05) is 12.1 Å². The van der Waals surface area contributed by atoms with Crippen molar-refractivity contribution in [3.63, 3.8) is 0 Å². The lowest BCUT2D eigenvalue weighted by molar-refractivity contribution is -0.140. The molecular formula is C15H14N2O3S. The molecule has 1 fully saturated rings. The Balaban J connectivity index is 1.75. The number of nitrogens with one attached hydrogen (secondary N) is 1. The monoisotopic (exact) mass is 302 g/mol. The molecule has 0 saturated heterocycles. The number of thiazole rings is 1. The molecule has 0 spiro atoms. The predicted octanol–water partition coefficient (Wildman–Crippen LogP) is 2.82. The smallest absolute Gasteiger partial charge is 0.314 e. The van der Waals surface area contributed by atoms with Gasteiger partial charge in [-0.25, -0.2) is 4.98 Å². The number of rotatable bonds is 4. The van der Waals surface area contributed by atoms with Crippen LogP contribution in [0.25, 0.3) is 0 Å². The Morgan fingerprint density at radius 1 is 1.29 bits per heavy atom. The highest BCUT2D eigenvalue weighted by atomic mass is 32.1. The molecule has 3 rings (SSSR count). The number of hydrogen-bond acceptors (Lipinski definition) is 4. The molecule has 0 bridgehead atoms. The van der Waals surface area contributed by atoms with Crippen molar-refractivity contribution >= 4 is 28.9 Å². The van der Waals surface area contributed by atoms with Gasteiger partial charge in [0.05, 0.1) is 16.6 Å². The van der Waals surface area contributed by atoms with Crippen LogP contribution in [0.4, 0.5) is 5.69 Å². The molecule has 6 heteroatoms.